The Morgan fingerprint density at radius 2 is 1.87 bits per heavy atom. The number of methoxy groups -OCH3 is 1. The molecule has 0 spiro atoms. The number of amides is 1. The fraction of sp³-hybridized carbons (Fsp3) is 0.529. The first-order chi connectivity index (χ1) is 22.1. The van der Waals surface area contributed by atoms with Crippen LogP contribution >= 0.6 is 11.3 Å². The summed E-state index contributed by atoms with van der Waals surface area (Å²) in [6, 6.07) is 7.62. The Balaban J connectivity index is 1.39. The van der Waals surface area contributed by atoms with Crippen molar-refractivity contribution in [2.75, 3.05) is 20.2 Å². The van der Waals surface area contributed by atoms with Crippen LogP contribution in [0.3, 0.4) is 0 Å². The number of aliphatic hydroxyl groups is 1. The van der Waals surface area contributed by atoms with Crippen molar-refractivity contribution >= 4 is 27.5 Å². The molecule has 1 amide bonds. The van der Waals surface area contributed by atoms with Gasteiger partial charge in [-0.3, -0.25) is 14.2 Å². The fourth-order valence-electron chi connectivity index (χ4n) is 7.73. The van der Waals surface area contributed by atoms with Crippen LogP contribution in [0.25, 0.3) is 21.0 Å². The average Bonchev–Trinajstić information content (AvgIpc) is 3.78. The van der Waals surface area contributed by atoms with Gasteiger partial charge in [-0.2, -0.15) is 0 Å². The van der Waals surface area contributed by atoms with Crippen LogP contribution in [-0.4, -0.2) is 62.4 Å². The first kappa shape index (κ1) is 30.9. The van der Waals surface area contributed by atoms with Crippen LogP contribution in [0.5, 0.6) is 5.75 Å². The van der Waals surface area contributed by atoms with E-state index in [2.05, 4.69) is 4.98 Å². The van der Waals surface area contributed by atoms with Crippen LogP contribution < -0.4 is 16.0 Å². The van der Waals surface area contributed by atoms with Crippen molar-refractivity contribution in [2.45, 2.75) is 83.3 Å². The summed E-state index contributed by atoms with van der Waals surface area (Å²) >= 11 is 1.27. The molecule has 3 aliphatic rings. The summed E-state index contributed by atoms with van der Waals surface area (Å²) < 4.78 is 21.0. The van der Waals surface area contributed by atoms with Crippen molar-refractivity contribution in [1.82, 2.24) is 19.0 Å². The van der Waals surface area contributed by atoms with Gasteiger partial charge in [0.2, 0.25) is 11.8 Å². The number of likely N-dealkylation sites (tertiary alicyclic amines) is 1. The molecule has 4 heterocycles. The van der Waals surface area contributed by atoms with Gasteiger partial charge < -0.3 is 23.9 Å². The number of hydrogen-bond donors (Lipinski definition) is 1. The molecule has 5 atom stereocenters. The SMILES string of the molecule is COc1ccccc1C(Cn1c(=O)n(C(C)(C)C(=O)N2CCC2)c(=O)c2c(C)c(-c3ncco3)sc21)O[C@H]1CC2C[C@@H](O)C[C@H]2C1. The normalized spacial score (nSPS) is 23.5. The molecule has 1 saturated heterocycles. The summed E-state index contributed by atoms with van der Waals surface area (Å²) in [6.45, 7) is 6.39. The largest absolute Gasteiger partial charge is 0.496 e. The lowest BCUT2D eigenvalue weighted by Gasteiger charge is -2.38. The van der Waals surface area contributed by atoms with Crippen LogP contribution in [0.4, 0.5) is 0 Å². The third kappa shape index (κ3) is 5.10. The third-order valence-corrected chi connectivity index (χ3v) is 11.5. The monoisotopic (exact) mass is 648 g/mol. The molecule has 1 aliphatic heterocycles. The predicted molar refractivity (Wildman–Crippen MR) is 173 cm³/mol. The highest BCUT2D eigenvalue weighted by atomic mass is 32.1. The molecule has 46 heavy (non-hydrogen) atoms. The second kappa shape index (κ2) is 11.8. The molecule has 0 radical (unpaired) electrons. The average molecular weight is 649 g/mol. The van der Waals surface area contributed by atoms with Crippen LogP contribution in [0, 0.1) is 18.8 Å². The van der Waals surface area contributed by atoms with E-state index in [1.165, 1.54) is 17.6 Å². The van der Waals surface area contributed by atoms with Gasteiger partial charge in [-0.1, -0.05) is 18.2 Å². The number of nitrogens with zero attached hydrogens (tertiary/aromatic N) is 4. The zero-order valence-electron chi connectivity index (χ0n) is 26.6. The van der Waals surface area contributed by atoms with E-state index in [0.29, 0.717) is 57.2 Å². The molecule has 2 saturated carbocycles. The molecule has 2 aliphatic carbocycles. The highest BCUT2D eigenvalue weighted by Gasteiger charge is 2.43. The summed E-state index contributed by atoms with van der Waals surface area (Å²) in [5.41, 5.74) is -1.09. The topological polar surface area (TPSA) is 129 Å². The van der Waals surface area contributed by atoms with Gasteiger partial charge in [0.25, 0.3) is 5.56 Å². The number of oxazole rings is 1. The minimum Gasteiger partial charge on any atom is -0.496 e. The third-order valence-electron chi connectivity index (χ3n) is 10.2. The van der Waals surface area contributed by atoms with Crippen molar-refractivity contribution < 1.29 is 23.8 Å². The molecule has 1 aromatic carbocycles. The molecule has 12 heteroatoms. The maximum atomic E-state index is 14.7. The lowest BCUT2D eigenvalue weighted by Crippen LogP contribution is -2.59. The Labute approximate surface area is 270 Å². The van der Waals surface area contributed by atoms with Crippen LogP contribution in [0.1, 0.15) is 63.2 Å². The van der Waals surface area contributed by atoms with Crippen LogP contribution in [0.2, 0.25) is 0 Å². The Kier molecular flexibility index (Phi) is 7.93. The number of carbonyl (C=O) groups excluding carboxylic acids is 1. The molecular weight excluding hydrogens is 608 g/mol. The Morgan fingerprint density at radius 3 is 2.50 bits per heavy atom. The standard InChI is InChI=1S/C34H40N4O7S/c1-19-27-30(40)38(34(2,3)32(41)36-11-7-12-36)33(42)37(31(27)46-28(19)29-35-10-13-44-29)18-26(24-8-5-6-9-25(24)43-4)45-23-16-20-14-22(39)15-21(20)17-23/h5-6,8-10,13,20-23,26,39H,7,11-12,14-18H2,1-4H3/t20-,21?,22-,23+,26?/m0/s1. The first-order valence-corrected chi connectivity index (χ1v) is 16.8. The summed E-state index contributed by atoms with van der Waals surface area (Å²) in [4.78, 5) is 49.8. The number of para-hydroxylation sites is 1. The number of fused-ring (bicyclic) bond motifs is 2. The van der Waals surface area contributed by atoms with E-state index < -0.39 is 22.9 Å². The smallest absolute Gasteiger partial charge is 0.333 e. The zero-order chi connectivity index (χ0) is 32.3. The molecular formula is C34H40N4O7S. The van der Waals surface area contributed by atoms with Crippen molar-refractivity contribution in [1.29, 1.82) is 0 Å². The van der Waals surface area contributed by atoms with E-state index in [1.54, 1.807) is 36.6 Å². The second-order valence-corrected chi connectivity index (χ2v) is 14.4. The van der Waals surface area contributed by atoms with Gasteiger partial charge in [0.05, 0.1) is 42.3 Å². The minimum atomic E-state index is -1.42. The van der Waals surface area contributed by atoms with E-state index in [1.807, 2.05) is 31.2 Å². The predicted octanol–water partition coefficient (Wildman–Crippen LogP) is 4.47. The highest BCUT2D eigenvalue weighted by molar-refractivity contribution is 7.22. The minimum absolute atomic E-state index is 0.0631. The Morgan fingerprint density at radius 1 is 1.15 bits per heavy atom. The van der Waals surface area contributed by atoms with E-state index in [9.17, 15) is 19.5 Å². The lowest BCUT2D eigenvalue weighted by molar-refractivity contribution is -0.143. The number of aryl methyl sites for hydroxylation is 1. The highest BCUT2D eigenvalue weighted by Crippen LogP contribution is 2.47. The Bertz CT molecular complexity index is 1870. The number of thiophene rings is 1. The maximum absolute atomic E-state index is 14.7. The maximum Gasteiger partial charge on any atom is 0.333 e. The van der Waals surface area contributed by atoms with Gasteiger partial charge in [0, 0.05) is 18.7 Å². The van der Waals surface area contributed by atoms with Crippen molar-refractivity contribution in [3.05, 3.63) is 68.7 Å². The zero-order valence-corrected chi connectivity index (χ0v) is 27.4. The van der Waals surface area contributed by atoms with Gasteiger partial charge in [0.1, 0.15) is 28.5 Å². The van der Waals surface area contributed by atoms with Crippen molar-refractivity contribution in [2.24, 2.45) is 11.8 Å². The number of carbonyl (C=O) groups is 1. The Hall–Kier alpha value is -3.74. The molecule has 11 nitrogen and oxygen atoms in total. The number of hydrogen-bond acceptors (Lipinski definition) is 9. The van der Waals surface area contributed by atoms with Crippen LogP contribution in [-0.2, 0) is 21.6 Å². The molecule has 0 bridgehead atoms. The fourth-order valence-corrected chi connectivity index (χ4v) is 8.97. The van der Waals surface area contributed by atoms with Gasteiger partial charge in [-0.15, -0.1) is 11.3 Å². The molecule has 244 valence electrons. The summed E-state index contributed by atoms with van der Waals surface area (Å²) in [6.07, 6.45) is 6.23. The second-order valence-electron chi connectivity index (χ2n) is 13.4. The molecule has 7 rings (SSSR count). The van der Waals surface area contributed by atoms with Gasteiger partial charge >= 0.3 is 5.69 Å². The molecule has 2 unspecified atom stereocenters. The molecule has 3 fully saturated rings. The van der Waals surface area contributed by atoms with Crippen molar-refractivity contribution in [3.63, 3.8) is 0 Å². The summed E-state index contributed by atoms with van der Waals surface area (Å²) in [7, 11) is 1.61. The van der Waals surface area contributed by atoms with E-state index in [4.69, 9.17) is 13.9 Å². The quantitative estimate of drug-likeness (QED) is 0.282. The lowest BCUT2D eigenvalue weighted by atomic mass is 10.00. The van der Waals surface area contributed by atoms with Gasteiger partial charge in [-0.05, 0) is 76.3 Å². The first-order valence-electron chi connectivity index (χ1n) is 16.0. The number of aliphatic hydroxyl groups excluding tert-OH is 1. The van der Waals surface area contributed by atoms with E-state index >= 15 is 0 Å². The van der Waals surface area contributed by atoms with Crippen molar-refractivity contribution in [3.8, 4) is 16.5 Å². The summed E-state index contributed by atoms with van der Waals surface area (Å²) in [5, 5.41) is 10.6. The van der Waals surface area contributed by atoms with Crippen LogP contribution in [0.15, 0.2) is 50.7 Å². The number of ether oxygens (including phenoxy) is 2. The van der Waals surface area contributed by atoms with E-state index in [-0.39, 0.29) is 24.7 Å². The van der Waals surface area contributed by atoms with Gasteiger partial charge in [-0.25, -0.2) is 14.3 Å². The number of aromatic nitrogens is 3. The number of rotatable bonds is 9. The van der Waals surface area contributed by atoms with Gasteiger partial charge in [0.15, 0.2) is 0 Å². The molecule has 1 N–H and O–H groups in total. The number of benzene rings is 1. The van der Waals surface area contributed by atoms with E-state index in [0.717, 1.165) is 42.2 Å². The molecule has 3 aromatic heterocycles. The summed E-state index contributed by atoms with van der Waals surface area (Å²) in [5.74, 6) is 1.55. The molecule has 4 aromatic rings.